The Hall–Kier alpha value is -2.50. The molecule has 0 saturated carbocycles. The average molecular weight is 274 g/mol. The standard InChI is InChI=1S/C14H18N4O2/c1-2-20-14-12(15)13(17-9-18-14)16-8-7-10-3-5-11(19)6-4-10/h3-6,9,19H,2,7-8,15H2,1H3,(H,16,17,18). The van der Waals surface area contributed by atoms with E-state index < -0.39 is 0 Å². The minimum absolute atomic E-state index is 0.267. The maximum absolute atomic E-state index is 9.21. The number of aromatic hydroxyl groups is 1. The number of anilines is 2. The average Bonchev–Trinajstić information content (AvgIpc) is 2.45. The van der Waals surface area contributed by atoms with Crippen LogP contribution in [-0.4, -0.2) is 28.2 Å². The van der Waals surface area contributed by atoms with Crippen molar-refractivity contribution in [3.05, 3.63) is 36.2 Å². The molecule has 4 N–H and O–H groups in total. The number of nitrogens with one attached hydrogen (secondary N) is 1. The number of hydrogen-bond donors (Lipinski definition) is 3. The molecule has 2 aromatic rings. The Balaban J connectivity index is 1.94. The van der Waals surface area contributed by atoms with Crippen molar-refractivity contribution in [2.75, 3.05) is 24.2 Å². The van der Waals surface area contributed by atoms with Crippen molar-refractivity contribution in [3.8, 4) is 11.6 Å². The van der Waals surface area contributed by atoms with Crippen LogP contribution in [0.1, 0.15) is 12.5 Å². The second kappa shape index (κ2) is 6.60. The molecule has 2 rings (SSSR count). The molecule has 106 valence electrons. The number of nitrogen functional groups attached to an aromatic ring is 1. The molecular weight excluding hydrogens is 256 g/mol. The number of aromatic nitrogens is 2. The Morgan fingerprint density at radius 1 is 1.25 bits per heavy atom. The van der Waals surface area contributed by atoms with Crippen LogP contribution in [0.3, 0.4) is 0 Å². The number of hydrogen-bond acceptors (Lipinski definition) is 6. The number of phenolic OH excluding ortho intramolecular Hbond substituents is 1. The van der Waals surface area contributed by atoms with E-state index in [0.717, 1.165) is 12.0 Å². The first kappa shape index (κ1) is 13.9. The number of nitrogens with zero attached hydrogens (tertiary/aromatic N) is 2. The van der Waals surface area contributed by atoms with Gasteiger partial charge in [-0.25, -0.2) is 4.98 Å². The van der Waals surface area contributed by atoms with Crippen molar-refractivity contribution >= 4 is 11.5 Å². The second-order valence-corrected chi connectivity index (χ2v) is 4.22. The van der Waals surface area contributed by atoms with Crippen LogP contribution in [0.5, 0.6) is 11.6 Å². The van der Waals surface area contributed by atoms with Gasteiger partial charge in [0.05, 0.1) is 6.61 Å². The summed E-state index contributed by atoms with van der Waals surface area (Å²) < 4.78 is 5.31. The lowest BCUT2D eigenvalue weighted by Crippen LogP contribution is -2.10. The van der Waals surface area contributed by atoms with Crippen molar-refractivity contribution in [3.63, 3.8) is 0 Å². The van der Waals surface area contributed by atoms with Gasteiger partial charge < -0.3 is 20.9 Å². The minimum Gasteiger partial charge on any atom is -0.508 e. The fourth-order valence-electron chi connectivity index (χ4n) is 1.76. The highest BCUT2D eigenvalue weighted by molar-refractivity contribution is 5.66. The van der Waals surface area contributed by atoms with Crippen molar-refractivity contribution in [1.82, 2.24) is 9.97 Å². The van der Waals surface area contributed by atoms with Crippen molar-refractivity contribution in [1.29, 1.82) is 0 Å². The largest absolute Gasteiger partial charge is 0.508 e. The zero-order chi connectivity index (χ0) is 14.4. The molecule has 0 unspecified atom stereocenters. The van der Waals surface area contributed by atoms with Crippen LogP contribution in [0.2, 0.25) is 0 Å². The third-order valence-corrected chi connectivity index (χ3v) is 2.77. The third-order valence-electron chi connectivity index (χ3n) is 2.77. The lowest BCUT2D eigenvalue weighted by molar-refractivity contribution is 0.328. The lowest BCUT2D eigenvalue weighted by atomic mass is 10.1. The summed E-state index contributed by atoms with van der Waals surface area (Å²) in [5.74, 6) is 1.24. The van der Waals surface area contributed by atoms with Crippen LogP contribution in [0.4, 0.5) is 11.5 Å². The molecule has 0 aliphatic carbocycles. The fraction of sp³-hybridized carbons (Fsp3) is 0.286. The van der Waals surface area contributed by atoms with Gasteiger partial charge in [-0.15, -0.1) is 0 Å². The molecule has 0 fully saturated rings. The summed E-state index contributed by atoms with van der Waals surface area (Å²) in [6, 6.07) is 7.10. The zero-order valence-corrected chi connectivity index (χ0v) is 11.3. The fourth-order valence-corrected chi connectivity index (χ4v) is 1.76. The number of nitrogens with two attached hydrogens (primary N) is 1. The summed E-state index contributed by atoms with van der Waals surface area (Å²) in [7, 11) is 0. The smallest absolute Gasteiger partial charge is 0.242 e. The van der Waals surface area contributed by atoms with Gasteiger partial charge in [0.25, 0.3) is 0 Å². The van der Waals surface area contributed by atoms with E-state index in [9.17, 15) is 5.11 Å². The molecule has 20 heavy (non-hydrogen) atoms. The van der Waals surface area contributed by atoms with Crippen LogP contribution in [0, 0.1) is 0 Å². The molecule has 0 atom stereocenters. The molecule has 0 amide bonds. The van der Waals surface area contributed by atoms with Crippen molar-refractivity contribution in [2.24, 2.45) is 0 Å². The van der Waals surface area contributed by atoms with Gasteiger partial charge in [-0.1, -0.05) is 12.1 Å². The van der Waals surface area contributed by atoms with E-state index in [1.54, 1.807) is 12.1 Å². The Morgan fingerprint density at radius 2 is 2.00 bits per heavy atom. The van der Waals surface area contributed by atoms with E-state index in [2.05, 4.69) is 15.3 Å². The maximum Gasteiger partial charge on any atom is 0.242 e. The van der Waals surface area contributed by atoms with Crippen LogP contribution in [0.15, 0.2) is 30.6 Å². The van der Waals surface area contributed by atoms with E-state index >= 15 is 0 Å². The predicted octanol–water partition coefficient (Wildman–Crippen LogP) is 1.82. The monoisotopic (exact) mass is 274 g/mol. The SMILES string of the molecule is CCOc1ncnc(NCCc2ccc(O)cc2)c1N. The van der Waals surface area contributed by atoms with E-state index in [0.29, 0.717) is 30.5 Å². The first-order valence-electron chi connectivity index (χ1n) is 6.45. The van der Waals surface area contributed by atoms with Gasteiger partial charge >= 0.3 is 0 Å². The number of benzene rings is 1. The second-order valence-electron chi connectivity index (χ2n) is 4.22. The summed E-state index contributed by atoms with van der Waals surface area (Å²) in [5, 5.41) is 12.4. The Labute approximate surface area is 117 Å². The van der Waals surface area contributed by atoms with Gasteiger partial charge in [-0.2, -0.15) is 4.98 Å². The molecule has 0 radical (unpaired) electrons. The number of phenols is 1. The molecule has 6 heteroatoms. The summed E-state index contributed by atoms with van der Waals surface area (Å²) in [4.78, 5) is 8.08. The highest BCUT2D eigenvalue weighted by atomic mass is 16.5. The first-order valence-corrected chi connectivity index (χ1v) is 6.45. The molecule has 1 aromatic carbocycles. The van der Waals surface area contributed by atoms with Gasteiger partial charge in [0.2, 0.25) is 5.88 Å². The van der Waals surface area contributed by atoms with E-state index in [1.165, 1.54) is 6.33 Å². The molecule has 1 aromatic heterocycles. The van der Waals surface area contributed by atoms with Gasteiger partial charge in [0, 0.05) is 6.54 Å². The summed E-state index contributed by atoms with van der Waals surface area (Å²) >= 11 is 0. The highest BCUT2D eigenvalue weighted by Gasteiger charge is 2.08. The molecule has 1 heterocycles. The quantitative estimate of drug-likeness (QED) is 0.744. The van der Waals surface area contributed by atoms with Crippen molar-refractivity contribution in [2.45, 2.75) is 13.3 Å². The van der Waals surface area contributed by atoms with Crippen LogP contribution in [0.25, 0.3) is 0 Å². The molecular formula is C14H18N4O2. The molecule has 0 aliphatic rings. The molecule has 0 aliphatic heterocycles. The molecule has 0 spiro atoms. The highest BCUT2D eigenvalue weighted by Crippen LogP contribution is 2.24. The molecule has 0 saturated heterocycles. The minimum atomic E-state index is 0.267. The zero-order valence-electron chi connectivity index (χ0n) is 11.3. The lowest BCUT2D eigenvalue weighted by Gasteiger charge is -2.11. The number of ether oxygens (including phenoxy) is 1. The maximum atomic E-state index is 9.21. The van der Waals surface area contributed by atoms with E-state index in [-0.39, 0.29) is 5.75 Å². The summed E-state index contributed by atoms with van der Waals surface area (Å²) in [5.41, 5.74) is 7.46. The molecule has 0 bridgehead atoms. The summed E-state index contributed by atoms with van der Waals surface area (Å²) in [6.07, 6.45) is 2.22. The Kier molecular flexibility index (Phi) is 4.60. The third kappa shape index (κ3) is 3.50. The first-order chi connectivity index (χ1) is 9.70. The molecule has 6 nitrogen and oxygen atoms in total. The van der Waals surface area contributed by atoms with Gasteiger partial charge in [0.15, 0.2) is 5.82 Å². The predicted molar refractivity (Wildman–Crippen MR) is 77.9 cm³/mol. The van der Waals surface area contributed by atoms with Gasteiger partial charge in [-0.05, 0) is 31.0 Å². The Morgan fingerprint density at radius 3 is 2.70 bits per heavy atom. The van der Waals surface area contributed by atoms with Crippen molar-refractivity contribution < 1.29 is 9.84 Å². The topological polar surface area (TPSA) is 93.3 Å². The van der Waals surface area contributed by atoms with Crippen LogP contribution < -0.4 is 15.8 Å². The van der Waals surface area contributed by atoms with Gasteiger partial charge in [0.1, 0.15) is 17.8 Å². The van der Waals surface area contributed by atoms with Crippen LogP contribution >= 0.6 is 0 Å². The summed E-state index contributed by atoms with van der Waals surface area (Å²) in [6.45, 7) is 3.06. The van der Waals surface area contributed by atoms with E-state index in [4.69, 9.17) is 10.5 Å². The normalized spacial score (nSPS) is 10.2. The van der Waals surface area contributed by atoms with Gasteiger partial charge in [-0.3, -0.25) is 0 Å². The van der Waals surface area contributed by atoms with Crippen LogP contribution in [-0.2, 0) is 6.42 Å². The van der Waals surface area contributed by atoms with E-state index in [1.807, 2.05) is 19.1 Å². The number of rotatable bonds is 6. The Bertz CT molecular complexity index is 558.